The van der Waals surface area contributed by atoms with E-state index in [0.29, 0.717) is 6.61 Å². The molecule has 2 aliphatic heterocycles. The Morgan fingerprint density at radius 2 is 2.00 bits per heavy atom. The topological polar surface area (TPSA) is 51.2 Å². The molecule has 0 radical (unpaired) electrons. The highest BCUT2D eigenvalue weighted by atomic mass is 16.6. The van der Waals surface area contributed by atoms with E-state index in [-0.39, 0.29) is 12.1 Å². The van der Waals surface area contributed by atoms with Crippen LogP contribution >= 0.6 is 0 Å². The molecule has 0 spiro atoms. The average Bonchev–Trinajstić information content (AvgIpc) is 3.04. The van der Waals surface area contributed by atoms with Gasteiger partial charge in [0.1, 0.15) is 18.1 Å². The molecule has 1 amide bonds. The number of hydrogen-bond donors (Lipinski definition) is 0. The summed E-state index contributed by atoms with van der Waals surface area (Å²) in [5, 5.41) is 0. The van der Waals surface area contributed by atoms with Crippen LogP contribution in [0.2, 0.25) is 0 Å². The van der Waals surface area contributed by atoms with Crippen LogP contribution in [0, 0.1) is 0 Å². The molecular formula is C21H24N2O4. The van der Waals surface area contributed by atoms with Crippen molar-refractivity contribution in [1.82, 2.24) is 4.90 Å². The molecule has 0 aromatic heterocycles. The molecule has 4 rings (SSSR count). The van der Waals surface area contributed by atoms with Gasteiger partial charge in [-0.15, -0.1) is 0 Å². The second-order valence-corrected chi connectivity index (χ2v) is 6.91. The first-order chi connectivity index (χ1) is 13.2. The van der Waals surface area contributed by atoms with Gasteiger partial charge in [0.2, 0.25) is 0 Å². The monoisotopic (exact) mass is 368 g/mol. The summed E-state index contributed by atoms with van der Waals surface area (Å²) < 4.78 is 16.3. The largest absolute Gasteiger partial charge is 0.497 e. The fourth-order valence-electron chi connectivity index (χ4n) is 3.88. The van der Waals surface area contributed by atoms with Crippen LogP contribution in [0.4, 0.5) is 10.5 Å². The van der Waals surface area contributed by atoms with Crippen LogP contribution in [-0.2, 0) is 17.8 Å². The molecule has 2 aromatic carbocycles. The van der Waals surface area contributed by atoms with Gasteiger partial charge in [0, 0.05) is 25.2 Å². The Hall–Kier alpha value is -2.73. The number of carbonyl (C=O) groups excluding carboxylic acids is 1. The number of rotatable bonds is 4. The van der Waals surface area contributed by atoms with Crippen molar-refractivity contribution in [3.63, 3.8) is 0 Å². The third-order valence-electron chi connectivity index (χ3n) is 5.27. The number of nitrogens with zero attached hydrogens (tertiary/aromatic N) is 2. The van der Waals surface area contributed by atoms with E-state index in [2.05, 4.69) is 11.0 Å². The van der Waals surface area contributed by atoms with Gasteiger partial charge in [-0.1, -0.05) is 18.2 Å². The van der Waals surface area contributed by atoms with Crippen LogP contribution in [0.5, 0.6) is 11.5 Å². The van der Waals surface area contributed by atoms with Crippen LogP contribution in [-0.4, -0.2) is 44.4 Å². The van der Waals surface area contributed by atoms with Crippen LogP contribution < -0.4 is 14.4 Å². The quantitative estimate of drug-likeness (QED) is 0.828. The number of hydrogen-bond acceptors (Lipinski definition) is 5. The lowest BCUT2D eigenvalue weighted by Crippen LogP contribution is -2.40. The number of methoxy groups -OCH3 is 2. The first-order valence-electron chi connectivity index (χ1n) is 9.16. The van der Waals surface area contributed by atoms with E-state index >= 15 is 0 Å². The Kier molecular flexibility index (Phi) is 4.90. The van der Waals surface area contributed by atoms with E-state index in [9.17, 15) is 4.79 Å². The number of amides is 1. The summed E-state index contributed by atoms with van der Waals surface area (Å²) in [7, 11) is 3.36. The van der Waals surface area contributed by atoms with E-state index in [1.807, 2.05) is 36.4 Å². The number of ether oxygens (including phenoxy) is 3. The zero-order valence-electron chi connectivity index (χ0n) is 15.7. The molecule has 142 valence electrons. The molecule has 1 atom stereocenters. The van der Waals surface area contributed by atoms with Gasteiger partial charge in [0.15, 0.2) is 0 Å². The zero-order chi connectivity index (χ0) is 18.8. The smallest absolute Gasteiger partial charge is 0.414 e. The van der Waals surface area contributed by atoms with Crippen molar-refractivity contribution >= 4 is 11.8 Å². The van der Waals surface area contributed by atoms with Gasteiger partial charge in [0.05, 0.1) is 25.9 Å². The Labute approximate surface area is 159 Å². The number of carbonyl (C=O) groups is 1. The molecular weight excluding hydrogens is 344 g/mol. The van der Waals surface area contributed by atoms with Gasteiger partial charge < -0.3 is 14.2 Å². The summed E-state index contributed by atoms with van der Waals surface area (Å²) in [5.74, 6) is 1.68. The van der Waals surface area contributed by atoms with E-state index in [1.165, 1.54) is 0 Å². The Balaban J connectivity index is 1.67. The molecule has 27 heavy (non-hydrogen) atoms. The maximum absolute atomic E-state index is 12.3. The van der Waals surface area contributed by atoms with Crippen molar-refractivity contribution in [2.75, 3.05) is 32.3 Å². The maximum atomic E-state index is 12.3. The molecule has 6 nitrogen and oxygen atoms in total. The van der Waals surface area contributed by atoms with Crippen molar-refractivity contribution < 1.29 is 19.0 Å². The summed E-state index contributed by atoms with van der Waals surface area (Å²) in [6, 6.07) is 14.0. The summed E-state index contributed by atoms with van der Waals surface area (Å²) in [5.41, 5.74) is 3.13. The predicted octanol–water partition coefficient (Wildman–Crippen LogP) is 3.43. The van der Waals surface area contributed by atoms with E-state index < -0.39 is 0 Å². The summed E-state index contributed by atoms with van der Waals surface area (Å²) in [6.07, 6.45) is 0.608. The van der Waals surface area contributed by atoms with Crippen LogP contribution in [0.3, 0.4) is 0 Å². The van der Waals surface area contributed by atoms with Crippen LogP contribution in [0.1, 0.15) is 17.5 Å². The number of benzene rings is 2. The van der Waals surface area contributed by atoms with E-state index in [1.54, 1.807) is 19.1 Å². The minimum atomic E-state index is -0.260. The van der Waals surface area contributed by atoms with E-state index in [4.69, 9.17) is 14.2 Å². The second-order valence-electron chi connectivity index (χ2n) is 6.91. The molecule has 2 aliphatic rings. The summed E-state index contributed by atoms with van der Waals surface area (Å²) >= 11 is 0. The molecule has 0 bridgehead atoms. The third kappa shape index (κ3) is 3.45. The predicted molar refractivity (Wildman–Crippen MR) is 102 cm³/mol. The standard InChI is InChI=1S/C21H24N2O4/c1-25-18-7-8-19-16(11-18)13-22(10-9-17-14-27-21(24)23(17)19)12-15-5-3-4-6-20(15)26-2/h3-8,11,17H,9-10,12-14H2,1-2H3/t17-/m0/s1. The summed E-state index contributed by atoms with van der Waals surface area (Å²) in [6.45, 7) is 2.81. The molecule has 0 aliphatic carbocycles. The summed E-state index contributed by atoms with van der Waals surface area (Å²) in [4.78, 5) is 16.5. The van der Waals surface area contributed by atoms with Gasteiger partial charge in [-0.2, -0.15) is 0 Å². The molecule has 6 heteroatoms. The van der Waals surface area contributed by atoms with Gasteiger partial charge in [-0.25, -0.2) is 4.79 Å². The zero-order valence-corrected chi connectivity index (χ0v) is 15.7. The highest BCUT2D eigenvalue weighted by Gasteiger charge is 2.37. The van der Waals surface area contributed by atoms with E-state index in [0.717, 1.165) is 54.4 Å². The molecule has 0 N–H and O–H groups in total. The minimum Gasteiger partial charge on any atom is -0.497 e. The first-order valence-corrected chi connectivity index (χ1v) is 9.16. The number of fused-ring (bicyclic) bond motifs is 3. The molecule has 1 fully saturated rings. The molecule has 2 aromatic rings. The maximum Gasteiger partial charge on any atom is 0.414 e. The second kappa shape index (κ2) is 7.48. The number of anilines is 1. The van der Waals surface area contributed by atoms with Gasteiger partial charge in [-0.05, 0) is 36.2 Å². The third-order valence-corrected chi connectivity index (χ3v) is 5.27. The normalized spacial score (nSPS) is 19.6. The minimum absolute atomic E-state index is 0.0603. The highest BCUT2D eigenvalue weighted by Crippen LogP contribution is 2.34. The van der Waals surface area contributed by atoms with Crippen molar-refractivity contribution in [2.24, 2.45) is 0 Å². The molecule has 0 unspecified atom stereocenters. The van der Waals surface area contributed by atoms with Crippen LogP contribution in [0.25, 0.3) is 0 Å². The fraction of sp³-hybridized carbons (Fsp3) is 0.381. The van der Waals surface area contributed by atoms with Crippen molar-refractivity contribution in [3.05, 3.63) is 53.6 Å². The molecule has 2 heterocycles. The SMILES string of the molecule is COc1ccc2c(c1)CN(Cc1ccccc1OC)CC[C@H]1COC(=O)N21. The van der Waals surface area contributed by atoms with Crippen molar-refractivity contribution in [1.29, 1.82) is 0 Å². The van der Waals surface area contributed by atoms with Gasteiger partial charge in [-0.3, -0.25) is 9.80 Å². The molecule has 1 saturated heterocycles. The Morgan fingerprint density at radius 1 is 1.15 bits per heavy atom. The lowest BCUT2D eigenvalue weighted by Gasteiger charge is -2.32. The van der Waals surface area contributed by atoms with Gasteiger partial charge in [0.25, 0.3) is 0 Å². The fourth-order valence-corrected chi connectivity index (χ4v) is 3.88. The Bertz CT molecular complexity index is 839. The lowest BCUT2D eigenvalue weighted by atomic mass is 10.0. The average molecular weight is 368 g/mol. The number of para-hydroxylation sites is 1. The Morgan fingerprint density at radius 3 is 2.81 bits per heavy atom. The molecule has 0 saturated carbocycles. The number of cyclic esters (lactones) is 1. The van der Waals surface area contributed by atoms with Crippen molar-refractivity contribution in [3.8, 4) is 11.5 Å². The lowest BCUT2D eigenvalue weighted by molar-refractivity contribution is 0.177. The van der Waals surface area contributed by atoms with Crippen molar-refractivity contribution in [2.45, 2.75) is 25.6 Å². The highest BCUT2D eigenvalue weighted by molar-refractivity contribution is 5.91. The van der Waals surface area contributed by atoms with Gasteiger partial charge >= 0.3 is 6.09 Å². The first kappa shape index (κ1) is 17.7. The van der Waals surface area contributed by atoms with Crippen LogP contribution in [0.15, 0.2) is 42.5 Å².